The molecule has 1 fully saturated rings. The molecule has 3 aromatic heterocycles. The molecule has 0 aromatic carbocycles. The van der Waals surface area contributed by atoms with Crippen molar-refractivity contribution in [1.82, 2.24) is 25.2 Å². The first-order valence-corrected chi connectivity index (χ1v) is 9.95. The summed E-state index contributed by atoms with van der Waals surface area (Å²) in [5.41, 5.74) is 13.1. The number of pyridine rings is 1. The number of nitrogens with two attached hydrogens (primary N) is 2. The first-order valence-electron chi connectivity index (χ1n) is 9.13. The highest BCUT2D eigenvalue weighted by atomic mass is 32.1. The Morgan fingerprint density at radius 2 is 2.32 bits per heavy atom. The van der Waals surface area contributed by atoms with Crippen LogP contribution in [0.4, 0.5) is 11.4 Å². The van der Waals surface area contributed by atoms with Crippen LogP contribution in [0.15, 0.2) is 18.6 Å². The van der Waals surface area contributed by atoms with E-state index in [1.165, 1.54) is 22.5 Å². The zero-order chi connectivity index (χ0) is 19.5. The predicted octanol–water partition coefficient (Wildman–Crippen LogP) is 0.897. The second kappa shape index (κ2) is 8.07. The van der Waals surface area contributed by atoms with Gasteiger partial charge in [-0.2, -0.15) is 4.80 Å². The van der Waals surface area contributed by atoms with Crippen LogP contribution in [0.2, 0.25) is 0 Å². The van der Waals surface area contributed by atoms with Gasteiger partial charge in [-0.15, -0.1) is 21.5 Å². The molecule has 28 heavy (non-hydrogen) atoms. The van der Waals surface area contributed by atoms with E-state index < -0.39 is 5.91 Å². The molecular weight excluding hydrogens is 380 g/mol. The second-order valence-corrected chi connectivity index (χ2v) is 7.78. The van der Waals surface area contributed by atoms with Gasteiger partial charge in [0, 0.05) is 19.3 Å². The van der Waals surface area contributed by atoms with E-state index in [1.807, 2.05) is 6.07 Å². The van der Waals surface area contributed by atoms with Gasteiger partial charge in [0.2, 0.25) is 0 Å². The molecule has 10 nitrogen and oxygen atoms in total. The average molecular weight is 402 g/mol. The molecule has 1 aliphatic heterocycles. The first kappa shape index (κ1) is 18.6. The van der Waals surface area contributed by atoms with E-state index in [-0.39, 0.29) is 0 Å². The van der Waals surface area contributed by atoms with Gasteiger partial charge in [0.1, 0.15) is 9.71 Å². The molecule has 1 atom stereocenters. The van der Waals surface area contributed by atoms with Gasteiger partial charge >= 0.3 is 0 Å². The van der Waals surface area contributed by atoms with Crippen molar-refractivity contribution in [2.45, 2.75) is 19.4 Å². The number of thiophene rings is 1. The normalized spacial score (nSPS) is 17.3. The molecule has 0 radical (unpaired) electrons. The summed E-state index contributed by atoms with van der Waals surface area (Å²) < 4.78 is 5.83. The van der Waals surface area contributed by atoms with Crippen LogP contribution in [0.3, 0.4) is 0 Å². The molecule has 4 rings (SSSR count). The van der Waals surface area contributed by atoms with E-state index in [1.54, 1.807) is 6.20 Å². The molecule has 1 aliphatic rings. The zero-order valence-corrected chi connectivity index (χ0v) is 16.1. The van der Waals surface area contributed by atoms with E-state index in [0.29, 0.717) is 36.2 Å². The predicted molar refractivity (Wildman–Crippen MR) is 106 cm³/mol. The third-order valence-corrected chi connectivity index (χ3v) is 6.00. The molecule has 0 unspecified atom stereocenters. The summed E-state index contributed by atoms with van der Waals surface area (Å²) in [5.74, 6) is -0.102. The highest BCUT2D eigenvalue weighted by Gasteiger charge is 2.25. The van der Waals surface area contributed by atoms with Gasteiger partial charge < -0.3 is 21.1 Å². The molecule has 0 saturated carbocycles. The first-order chi connectivity index (χ1) is 13.6. The number of aromatic nitrogens is 5. The number of ether oxygens (including phenoxy) is 1. The SMILES string of the molecule is NC(=O)c1sc2nccc(N3CCC[C@H](COCCn4ncnn4)C3)c2c1N. The summed E-state index contributed by atoms with van der Waals surface area (Å²) in [5, 5.41) is 12.3. The number of hydrogen-bond acceptors (Lipinski definition) is 9. The topological polar surface area (TPSA) is 138 Å². The van der Waals surface area contributed by atoms with E-state index in [4.69, 9.17) is 16.2 Å². The van der Waals surface area contributed by atoms with Crippen LogP contribution in [0.5, 0.6) is 0 Å². The summed E-state index contributed by atoms with van der Waals surface area (Å²) in [7, 11) is 0. The Labute approximate surface area is 165 Å². The Bertz CT molecular complexity index is 958. The minimum Gasteiger partial charge on any atom is -0.397 e. The maximum atomic E-state index is 11.6. The fourth-order valence-corrected chi connectivity index (χ4v) is 4.52. The number of fused-ring (bicyclic) bond motifs is 1. The molecule has 11 heteroatoms. The smallest absolute Gasteiger partial charge is 0.260 e. The minimum atomic E-state index is -0.516. The lowest BCUT2D eigenvalue weighted by atomic mass is 9.98. The van der Waals surface area contributed by atoms with Crippen molar-refractivity contribution in [3.8, 4) is 0 Å². The van der Waals surface area contributed by atoms with Crippen molar-refractivity contribution in [2.24, 2.45) is 11.7 Å². The number of primary amides is 1. The number of rotatable bonds is 7. The number of tetrazole rings is 1. The third-order valence-electron chi connectivity index (χ3n) is 4.87. The summed E-state index contributed by atoms with van der Waals surface area (Å²) in [4.78, 5) is 20.9. The number of nitrogens with zero attached hydrogens (tertiary/aromatic N) is 6. The molecule has 1 saturated heterocycles. The fraction of sp³-hybridized carbons (Fsp3) is 0.471. The summed E-state index contributed by atoms with van der Waals surface area (Å²) >= 11 is 1.25. The number of nitrogen functional groups attached to an aromatic ring is 1. The zero-order valence-electron chi connectivity index (χ0n) is 15.3. The Hall–Kier alpha value is -2.79. The molecule has 4 heterocycles. The summed E-state index contributed by atoms with van der Waals surface area (Å²) in [6.07, 6.45) is 5.34. The Morgan fingerprint density at radius 3 is 3.11 bits per heavy atom. The van der Waals surface area contributed by atoms with Crippen molar-refractivity contribution in [2.75, 3.05) is 36.9 Å². The van der Waals surface area contributed by atoms with Crippen molar-refractivity contribution in [3.05, 3.63) is 23.5 Å². The highest BCUT2D eigenvalue weighted by Crippen LogP contribution is 2.39. The van der Waals surface area contributed by atoms with E-state index in [0.717, 1.165) is 41.8 Å². The van der Waals surface area contributed by atoms with Crippen molar-refractivity contribution in [1.29, 1.82) is 0 Å². The Balaban J connectivity index is 1.43. The maximum Gasteiger partial charge on any atom is 0.260 e. The number of carbonyl (C=O) groups is 1. The molecule has 0 bridgehead atoms. The van der Waals surface area contributed by atoms with Crippen LogP contribution >= 0.6 is 11.3 Å². The molecule has 148 valence electrons. The van der Waals surface area contributed by atoms with Gasteiger partial charge in [-0.3, -0.25) is 4.79 Å². The Morgan fingerprint density at radius 1 is 1.43 bits per heavy atom. The highest BCUT2D eigenvalue weighted by molar-refractivity contribution is 7.21. The van der Waals surface area contributed by atoms with Crippen LogP contribution in [-0.4, -0.2) is 57.4 Å². The molecular formula is C17H22N8O2S. The van der Waals surface area contributed by atoms with E-state index in [9.17, 15) is 4.79 Å². The molecule has 4 N–H and O–H groups in total. The summed E-state index contributed by atoms with van der Waals surface area (Å²) in [6, 6.07) is 1.95. The monoisotopic (exact) mass is 402 g/mol. The van der Waals surface area contributed by atoms with Gasteiger partial charge in [0.05, 0.1) is 36.5 Å². The molecule has 0 spiro atoms. The maximum absolute atomic E-state index is 11.6. The average Bonchev–Trinajstić information content (AvgIpc) is 3.33. The van der Waals surface area contributed by atoms with Crippen LogP contribution < -0.4 is 16.4 Å². The lowest BCUT2D eigenvalue weighted by molar-refractivity contribution is 0.0834. The van der Waals surface area contributed by atoms with Crippen LogP contribution in [0.25, 0.3) is 10.2 Å². The Kier molecular flexibility index (Phi) is 5.35. The van der Waals surface area contributed by atoms with Gasteiger partial charge in [0.25, 0.3) is 5.91 Å². The van der Waals surface area contributed by atoms with E-state index in [2.05, 4.69) is 25.3 Å². The van der Waals surface area contributed by atoms with Crippen LogP contribution in [0, 0.1) is 5.92 Å². The van der Waals surface area contributed by atoms with Gasteiger partial charge in [-0.25, -0.2) is 4.98 Å². The molecule has 3 aromatic rings. The van der Waals surface area contributed by atoms with E-state index >= 15 is 0 Å². The second-order valence-electron chi connectivity index (χ2n) is 6.78. The van der Waals surface area contributed by atoms with Crippen molar-refractivity contribution in [3.63, 3.8) is 0 Å². The van der Waals surface area contributed by atoms with Gasteiger partial charge in [-0.05, 0) is 30.0 Å². The third kappa shape index (κ3) is 3.76. The quantitative estimate of drug-likeness (QED) is 0.556. The van der Waals surface area contributed by atoms with Crippen LogP contribution in [0.1, 0.15) is 22.5 Å². The van der Waals surface area contributed by atoms with Gasteiger partial charge in [0.15, 0.2) is 6.33 Å². The largest absolute Gasteiger partial charge is 0.397 e. The number of anilines is 2. The van der Waals surface area contributed by atoms with Crippen molar-refractivity contribution < 1.29 is 9.53 Å². The van der Waals surface area contributed by atoms with Gasteiger partial charge in [-0.1, -0.05) is 0 Å². The number of carbonyl (C=O) groups excluding carboxylic acids is 1. The van der Waals surface area contributed by atoms with Crippen molar-refractivity contribution >= 4 is 38.8 Å². The van der Waals surface area contributed by atoms with Crippen LogP contribution in [-0.2, 0) is 11.3 Å². The lowest BCUT2D eigenvalue weighted by Gasteiger charge is -2.34. The minimum absolute atomic E-state index is 0.369. The molecule has 1 amide bonds. The summed E-state index contributed by atoms with van der Waals surface area (Å²) in [6.45, 7) is 3.60. The number of amides is 1. The number of hydrogen-bond donors (Lipinski definition) is 2. The number of piperidine rings is 1. The molecule has 0 aliphatic carbocycles. The lowest BCUT2D eigenvalue weighted by Crippen LogP contribution is -2.37. The fourth-order valence-electron chi connectivity index (χ4n) is 3.58. The standard InChI is InChI=1S/C17H22N8O2S/c18-14-13-12(3-4-20-17(13)28-15(14)16(19)26)24-5-1-2-11(8-24)9-27-7-6-25-22-10-21-23-25/h3-4,10-11H,1-2,5-9,18H2,(H2,19,26)/t11-/m0/s1.